The van der Waals surface area contributed by atoms with Gasteiger partial charge in [-0.25, -0.2) is 0 Å². The topological polar surface area (TPSA) is 0 Å². The molecule has 0 amide bonds. The lowest BCUT2D eigenvalue weighted by Gasteiger charge is -2.03. The number of fused-ring (bicyclic) bond motifs is 2. The van der Waals surface area contributed by atoms with Crippen LogP contribution in [0.3, 0.4) is 0 Å². The Balaban J connectivity index is 1.97. The number of aryl methyl sites for hydroxylation is 2. The molecule has 2 bridgehead atoms. The van der Waals surface area contributed by atoms with Gasteiger partial charge >= 0.3 is 0 Å². The van der Waals surface area contributed by atoms with Crippen molar-refractivity contribution in [2.45, 2.75) is 77.0 Å². The van der Waals surface area contributed by atoms with Gasteiger partial charge in [-0.3, -0.25) is 0 Å². The maximum absolute atomic E-state index is 3.77. The second-order valence-electron chi connectivity index (χ2n) is 5.61. The summed E-state index contributed by atoms with van der Waals surface area (Å²) in [5.74, 6) is 0. The van der Waals surface area contributed by atoms with Crippen LogP contribution in [-0.4, -0.2) is 0 Å². The van der Waals surface area contributed by atoms with Crippen LogP contribution in [0.5, 0.6) is 0 Å². The molecule has 19 heavy (non-hydrogen) atoms. The molecule has 3 heteroatoms. The molecule has 1 aliphatic rings. The smallest absolute Gasteiger partial charge is 0.0459 e. The summed E-state index contributed by atoms with van der Waals surface area (Å²) in [4.78, 5) is 3.11. The average Bonchev–Trinajstić information content (AvgIpc) is 2.67. The van der Waals surface area contributed by atoms with E-state index in [2.05, 4.69) is 31.9 Å². The Labute approximate surface area is 138 Å². The van der Waals surface area contributed by atoms with Crippen LogP contribution in [0, 0.1) is 0 Å². The van der Waals surface area contributed by atoms with Gasteiger partial charge in [-0.1, -0.05) is 51.4 Å². The molecule has 108 valence electrons. The van der Waals surface area contributed by atoms with Gasteiger partial charge in [0.05, 0.1) is 0 Å². The lowest BCUT2D eigenvalue weighted by molar-refractivity contribution is 0.552. The van der Waals surface area contributed by atoms with E-state index in [4.69, 9.17) is 0 Å². The first-order valence-corrected chi connectivity index (χ1v) is 10.1. The normalized spacial score (nSPS) is 19.7. The molecular formula is C16H24Br2S. The van der Waals surface area contributed by atoms with Crippen molar-refractivity contribution in [2.75, 3.05) is 0 Å². The molecule has 0 atom stereocenters. The summed E-state index contributed by atoms with van der Waals surface area (Å²) in [6, 6.07) is 0. The summed E-state index contributed by atoms with van der Waals surface area (Å²) >= 11 is 9.56. The van der Waals surface area contributed by atoms with Gasteiger partial charge in [-0.05, 0) is 57.5 Å². The number of hydrogen-bond donors (Lipinski definition) is 0. The van der Waals surface area contributed by atoms with Gasteiger partial charge in [-0.2, -0.15) is 0 Å². The van der Waals surface area contributed by atoms with Gasteiger partial charge in [0.2, 0.25) is 0 Å². The highest BCUT2D eigenvalue weighted by atomic mass is 79.9. The molecule has 1 aliphatic heterocycles. The first-order chi connectivity index (χ1) is 9.29. The van der Waals surface area contributed by atoms with E-state index in [9.17, 15) is 0 Å². The number of thiophene rings is 1. The Kier molecular flexibility index (Phi) is 7.46. The van der Waals surface area contributed by atoms with Crippen LogP contribution < -0.4 is 0 Å². The van der Waals surface area contributed by atoms with Crippen molar-refractivity contribution < 1.29 is 0 Å². The Morgan fingerprint density at radius 2 is 0.842 bits per heavy atom. The fourth-order valence-electron chi connectivity index (χ4n) is 2.79. The van der Waals surface area contributed by atoms with E-state index in [-0.39, 0.29) is 0 Å². The maximum atomic E-state index is 3.77. The molecular weight excluding hydrogens is 384 g/mol. The minimum atomic E-state index is 1.25. The molecule has 1 aromatic heterocycles. The van der Waals surface area contributed by atoms with Gasteiger partial charge in [0.15, 0.2) is 0 Å². The van der Waals surface area contributed by atoms with Crippen LogP contribution in [0.2, 0.25) is 0 Å². The molecule has 0 unspecified atom stereocenters. The van der Waals surface area contributed by atoms with Gasteiger partial charge in [0.25, 0.3) is 0 Å². The van der Waals surface area contributed by atoms with Crippen LogP contribution in [0.4, 0.5) is 0 Å². The van der Waals surface area contributed by atoms with Crippen molar-refractivity contribution in [2.24, 2.45) is 0 Å². The second-order valence-corrected chi connectivity index (χ2v) is 8.39. The molecule has 0 spiro atoms. The van der Waals surface area contributed by atoms with Gasteiger partial charge < -0.3 is 0 Å². The average molecular weight is 408 g/mol. The highest BCUT2D eigenvalue weighted by Crippen LogP contribution is 2.39. The maximum Gasteiger partial charge on any atom is 0.0459 e. The highest BCUT2D eigenvalue weighted by Gasteiger charge is 2.13. The van der Waals surface area contributed by atoms with Crippen molar-refractivity contribution in [1.82, 2.24) is 0 Å². The predicted octanol–water partition coefficient (Wildman–Crippen LogP) is 7.27. The summed E-state index contributed by atoms with van der Waals surface area (Å²) in [6.45, 7) is 0. The third-order valence-corrected chi connectivity index (χ3v) is 8.10. The zero-order valence-corrected chi connectivity index (χ0v) is 15.6. The minimum absolute atomic E-state index is 1.25. The zero-order chi connectivity index (χ0) is 13.5. The molecule has 0 aliphatic carbocycles. The van der Waals surface area contributed by atoms with Crippen molar-refractivity contribution in [1.29, 1.82) is 0 Å². The molecule has 1 aromatic rings. The second kappa shape index (κ2) is 8.84. The van der Waals surface area contributed by atoms with Crippen LogP contribution in [-0.2, 0) is 12.8 Å². The molecule has 0 nitrogen and oxygen atoms in total. The van der Waals surface area contributed by atoms with Crippen molar-refractivity contribution in [3.63, 3.8) is 0 Å². The van der Waals surface area contributed by atoms with E-state index >= 15 is 0 Å². The lowest BCUT2D eigenvalue weighted by atomic mass is 10.0. The summed E-state index contributed by atoms with van der Waals surface area (Å²) in [6.07, 6.45) is 16.7. The quantitative estimate of drug-likeness (QED) is 0.424. The Hall–Kier alpha value is 0.660. The highest BCUT2D eigenvalue weighted by molar-refractivity contribution is 9.13. The van der Waals surface area contributed by atoms with Crippen LogP contribution >= 0.6 is 43.2 Å². The Morgan fingerprint density at radius 1 is 0.526 bits per heavy atom. The van der Waals surface area contributed by atoms with E-state index in [0.29, 0.717) is 0 Å². The van der Waals surface area contributed by atoms with E-state index < -0.39 is 0 Å². The van der Waals surface area contributed by atoms with Crippen LogP contribution in [0.15, 0.2) is 8.95 Å². The van der Waals surface area contributed by atoms with Crippen molar-refractivity contribution in [3.8, 4) is 0 Å². The van der Waals surface area contributed by atoms with Crippen molar-refractivity contribution >= 4 is 43.2 Å². The van der Waals surface area contributed by atoms with Gasteiger partial charge in [0.1, 0.15) is 0 Å². The van der Waals surface area contributed by atoms with Crippen LogP contribution in [0.25, 0.3) is 0 Å². The molecule has 2 rings (SSSR count). The molecule has 0 fully saturated rings. The predicted molar refractivity (Wildman–Crippen MR) is 93.3 cm³/mol. The number of halogens is 2. The SMILES string of the molecule is Brc1c2sc(c1Br)CCCCCCCCCCCC2. The molecule has 0 aromatic carbocycles. The molecule has 0 saturated carbocycles. The third-order valence-electron chi connectivity index (χ3n) is 3.99. The first kappa shape index (κ1) is 16.0. The summed E-state index contributed by atoms with van der Waals surface area (Å²) in [5.41, 5.74) is 0. The summed E-state index contributed by atoms with van der Waals surface area (Å²) in [7, 11) is 0. The Bertz CT molecular complexity index is 350. The van der Waals surface area contributed by atoms with E-state index in [1.165, 1.54) is 86.0 Å². The van der Waals surface area contributed by atoms with Gasteiger partial charge in [0, 0.05) is 18.7 Å². The van der Waals surface area contributed by atoms with E-state index in [1.54, 1.807) is 9.75 Å². The van der Waals surface area contributed by atoms with E-state index in [0.717, 1.165) is 0 Å². The van der Waals surface area contributed by atoms with Gasteiger partial charge in [-0.15, -0.1) is 11.3 Å². The molecule has 0 N–H and O–H groups in total. The third kappa shape index (κ3) is 5.17. The first-order valence-electron chi connectivity index (χ1n) is 7.74. The van der Waals surface area contributed by atoms with Crippen molar-refractivity contribution in [3.05, 3.63) is 18.7 Å². The fourth-order valence-corrected chi connectivity index (χ4v) is 5.59. The fraction of sp³-hybridized carbons (Fsp3) is 0.750. The van der Waals surface area contributed by atoms with E-state index in [1.807, 2.05) is 11.3 Å². The lowest BCUT2D eigenvalue weighted by Crippen LogP contribution is -1.86. The minimum Gasteiger partial charge on any atom is -0.143 e. The number of rotatable bonds is 0. The molecule has 2 heterocycles. The zero-order valence-electron chi connectivity index (χ0n) is 11.6. The standard InChI is InChI=1S/C16H24Br2S/c17-15-13-11-9-7-5-3-1-2-4-6-8-10-12-14(19-13)16(15)18/h1-12H2. The Morgan fingerprint density at radius 3 is 1.21 bits per heavy atom. The largest absolute Gasteiger partial charge is 0.143 e. The summed E-state index contributed by atoms with van der Waals surface area (Å²) < 4.78 is 2.67. The van der Waals surface area contributed by atoms with Crippen LogP contribution in [0.1, 0.15) is 74.0 Å². The monoisotopic (exact) mass is 406 g/mol. The number of hydrogen-bond acceptors (Lipinski definition) is 1. The summed E-state index contributed by atoms with van der Waals surface area (Å²) in [5, 5.41) is 0. The molecule has 0 radical (unpaired) electrons. The molecule has 0 saturated heterocycles.